The average Bonchev–Trinajstić information content (AvgIpc) is 2.54. The van der Waals surface area contributed by atoms with Gasteiger partial charge in [-0.2, -0.15) is 0 Å². The van der Waals surface area contributed by atoms with E-state index >= 15 is 0 Å². The minimum atomic E-state index is -3.84. The average molecular weight is 349 g/mol. The van der Waals surface area contributed by atoms with Gasteiger partial charge in [-0.05, 0) is 50.2 Å². The van der Waals surface area contributed by atoms with Crippen LogP contribution < -0.4 is 9.46 Å². The van der Waals surface area contributed by atoms with Gasteiger partial charge in [0.1, 0.15) is 5.75 Å². The first-order chi connectivity index (χ1) is 11.3. The van der Waals surface area contributed by atoms with Crippen LogP contribution in [0.4, 0.5) is 5.69 Å². The van der Waals surface area contributed by atoms with Crippen LogP contribution in [-0.2, 0) is 14.8 Å². The highest BCUT2D eigenvalue weighted by molar-refractivity contribution is 7.92. The van der Waals surface area contributed by atoms with Crippen LogP contribution in [0.3, 0.4) is 0 Å². The molecule has 0 spiro atoms. The third-order valence-corrected chi connectivity index (χ3v) is 4.46. The molecule has 2 aromatic rings. The van der Waals surface area contributed by atoms with E-state index in [9.17, 15) is 13.2 Å². The monoisotopic (exact) mass is 349 g/mol. The maximum absolute atomic E-state index is 12.5. The summed E-state index contributed by atoms with van der Waals surface area (Å²) in [6.07, 6.45) is -0.00230. The number of sulfonamides is 1. The van der Waals surface area contributed by atoms with Crippen LogP contribution in [-0.4, -0.2) is 27.6 Å². The van der Waals surface area contributed by atoms with Gasteiger partial charge < -0.3 is 9.47 Å². The third kappa shape index (κ3) is 4.26. The van der Waals surface area contributed by atoms with Gasteiger partial charge in [-0.15, -0.1) is 0 Å². The number of ether oxygens (including phenoxy) is 2. The molecule has 6 nitrogen and oxygen atoms in total. The first-order valence-electron chi connectivity index (χ1n) is 7.30. The normalized spacial score (nSPS) is 11.2. The molecule has 128 valence electrons. The van der Waals surface area contributed by atoms with Crippen LogP contribution in [0.15, 0.2) is 53.4 Å². The Hall–Kier alpha value is -2.54. The SMILES string of the molecule is COC(=O)c1ccccc1NS(=O)(=O)c1ccc(OC(C)C)cc1. The molecular weight excluding hydrogens is 330 g/mol. The molecule has 24 heavy (non-hydrogen) atoms. The highest BCUT2D eigenvalue weighted by atomic mass is 32.2. The Balaban J connectivity index is 2.28. The predicted octanol–water partition coefficient (Wildman–Crippen LogP) is 3.06. The molecule has 0 aromatic heterocycles. The summed E-state index contributed by atoms with van der Waals surface area (Å²) in [5.41, 5.74) is 0.301. The summed E-state index contributed by atoms with van der Waals surface area (Å²) in [6.45, 7) is 3.77. The maximum Gasteiger partial charge on any atom is 0.339 e. The van der Waals surface area contributed by atoms with E-state index in [0.717, 1.165) is 0 Å². The van der Waals surface area contributed by atoms with Crippen molar-refractivity contribution in [2.45, 2.75) is 24.8 Å². The van der Waals surface area contributed by atoms with Gasteiger partial charge in [-0.3, -0.25) is 4.72 Å². The van der Waals surface area contributed by atoms with Crippen molar-refractivity contribution in [3.8, 4) is 5.75 Å². The molecule has 0 heterocycles. The molecule has 0 unspecified atom stereocenters. The first kappa shape index (κ1) is 17.8. The Labute approximate surface area is 141 Å². The molecule has 1 N–H and O–H groups in total. The van der Waals surface area contributed by atoms with Crippen LogP contribution in [0.2, 0.25) is 0 Å². The number of carbonyl (C=O) groups is 1. The summed E-state index contributed by atoms with van der Waals surface area (Å²) in [4.78, 5) is 11.8. The Morgan fingerprint density at radius 2 is 1.67 bits per heavy atom. The number of carbonyl (C=O) groups excluding carboxylic acids is 1. The minimum Gasteiger partial charge on any atom is -0.491 e. The Bertz CT molecular complexity index is 813. The number of para-hydroxylation sites is 1. The quantitative estimate of drug-likeness (QED) is 0.811. The van der Waals surface area contributed by atoms with Crippen molar-refractivity contribution in [3.05, 3.63) is 54.1 Å². The molecule has 0 aliphatic carbocycles. The van der Waals surface area contributed by atoms with Crippen molar-refractivity contribution in [2.75, 3.05) is 11.8 Å². The van der Waals surface area contributed by atoms with E-state index in [1.165, 1.54) is 31.4 Å². The number of hydrogen-bond acceptors (Lipinski definition) is 5. The van der Waals surface area contributed by atoms with E-state index in [4.69, 9.17) is 4.74 Å². The maximum atomic E-state index is 12.5. The van der Waals surface area contributed by atoms with Gasteiger partial charge in [-0.1, -0.05) is 12.1 Å². The number of methoxy groups -OCH3 is 1. The van der Waals surface area contributed by atoms with Gasteiger partial charge in [0.2, 0.25) is 0 Å². The molecule has 0 fully saturated rings. The minimum absolute atomic E-state index is 0.00230. The fourth-order valence-corrected chi connectivity index (χ4v) is 3.11. The number of hydrogen-bond donors (Lipinski definition) is 1. The van der Waals surface area contributed by atoms with Crippen molar-refractivity contribution in [3.63, 3.8) is 0 Å². The number of nitrogens with one attached hydrogen (secondary N) is 1. The number of esters is 1. The van der Waals surface area contributed by atoms with Crippen molar-refractivity contribution in [1.29, 1.82) is 0 Å². The van der Waals surface area contributed by atoms with Gasteiger partial charge in [0.15, 0.2) is 0 Å². The number of rotatable bonds is 6. The Morgan fingerprint density at radius 3 is 2.25 bits per heavy atom. The highest BCUT2D eigenvalue weighted by Gasteiger charge is 2.19. The molecule has 2 rings (SSSR count). The van der Waals surface area contributed by atoms with E-state index in [1.54, 1.807) is 24.3 Å². The lowest BCUT2D eigenvalue weighted by molar-refractivity contribution is 0.0602. The van der Waals surface area contributed by atoms with Crippen molar-refractivity contribution < 1.29 is 22.7 Å². The summed E-state index contributed by atoms with van der Waals surface area (Å²) in [5, 5.41) is 0. The zero-order chi connectivity index (χ0) is 17.7. The zero-order valence-corrected chi connectivity index (χ0v) is 14.5. The lowest BCUT2D eigenvalue weighted by Crippen LogP contribution is -2.16. The molecular formula is C17H19NO5S. The van der Waals surface area contributed by atoms with E-state index < -0.39 is 16.0 Å². The number of anilines is 1. The molecule has 0 aliphatic heterocycles. The second-order valence-corrected chi connectivity index (χ2v) is 6.96. The van der Waals surface area contributed by atoms with Crippen LogP contribution in [0, 0.1) is 0 Å². The van der Waals surface area contributed by atoms with Crippen LogP contribution in [0.5, 0.6) is 5.75 Å². The van der Waals surface area contributed by atoms with Crippen molar-refractivity contribution in [2.24, 2.45) is 0 Å². The number of benzene rings is 2. The molecule has 7 heteroatoms. The standard InChI is InChI=1S/C17H19NO5S/c1-12(2)23-13-8-10-14(11-9-13)24(20,21)18-16-7-5-4-6-15(16)17(19)22-3/h4-12,18H,1-3H3. The largest absolute Gasteiger partial charge is 0.491 e. The van der Waals surface area contributed by atoms with Gasteiger partial charge in [0.25, 0.3) is 10.0 Å². The van der Waals surface area contributed by atoms with Gasteiger partial charge in [-0.25, -0.2) is 13.2 Å². The van der Waals surface area contributed by atoms with E-state index in [-0.39, 0.29) is 22.3 Å². The lowest BCUT2D eigenvalue weighted by Gasteiger charge is -2.13. The van der Waals surface area contributed by atoms with E-state index in [2.05, 4.69) is 9.46 Å². The van der Waals surface area contributed by atoms with Crippen molar-refractivity contribution >= 4 is 21.7 Å². The highest BCUT2D eigenvalue weighted by Crippen LogP contribution is 2.22. The molecule has 0 bridgehead atoms. The van der Waals surface area contributed by atoms with Gasteiger partial charge in [0.05, 0.1) is 29.4 Å². The van der Waals surface area contributed by atoms with Gasteiger partial charge in [0, 0.05) is 0 Å². The molecule has 0 amide bonds. The van der Waals surface area contributed by atoms with E-state index in [0.29, 0.717) is 5.75 Å². The molecule has 0 saturated heterocycles. The fourth-order valence-electron chi connectivity index (χ4n) is 2.03. The predicted molar refractivity (Wildman–Crippen MR) is 90.8 cm³/mol. The third-order valence-electron chi connectivity index (χ3n) is 3.08. The molecule has 0 aliphatic rings. The fraction of sp³-hybridized carbons (Fsp3) is 0.235. The van der Waals surface area contributed by atoms with E-state index in [1.807, 2.05) is 13.8 Å². The summed E-state index contributed by atoms with van der Waals surface area (Å²) < 4.78 is 37.5. The lowest BCUT2D eigenvalue weighted by atomic mass is 10.2. The Kier molecular flexibility index (Phi) is 5.46. The van der Waals surface area contributed by atoms with Crippen LogP contribution in [0.1, 0.15) is 24.2 Å². The van der Waals surface area contributed by atoms with Crippen molar-refractivity contribution in [1.82, 2.24) is 0 Å². The molecule has 0 radical (unpaired) electrons. The summed E-state index contributed by atoms with van der Waals surface area (Å²) in [7, 11) is -2.60. The van der Waals surface area contributed by atoms with Crippen LogP contribution in [0.25, 0.3) is 0 Å². The molecule has 0 atom stereocenters. The summed E-state index contributed by atoms with van der Waals surface area (Å²) in [6, 6.07) is 12.3. The Morgan fingerprint density at radius 1 is 1.04 bits per heavy atom. The smallest absolute Gasteiger partial charge is 0.339 e. The summed E-state index contributed by atoms with van der Waals surface area (Å²) in [5.74, 6) is -0.0344. The molecule has 2 aromatic carbocycles. The second kappa shape index (κ2) is 7.35. The first-order valence-corrected chi connectivity index (χ1v) is 8.78. The topological polar surface area (TPSA) is 81.7 Å². The second-order valence-electron chi connectivity index (χ2n) is 5.28. The van der Waals surface area contributed by atoms with Crippen LogP contribution >= 0.6 is 0 Å². The summed E-state index contributed by atoms with van der Waals surface area (Å²) >= 11 is 0. The van der Waals surface area contributed by atoms with Gasteiger partial charge >= 0.3 is 5.97 Å². The molecule has 0 saturated carbocycles. The zero-order valence-electron chi connectivity index (χ0n) is 13.6.